The first-order valence-electron chi connectivity index (χ1n) is 10.7. The van der Waals surface area contributed by atoms with Gasteiger partial charge in [-0.1, -0.05) is 37.7 Å². The van der Waals surface area contributed by atoms with Crippen molar-refractivity contribution < 1.29 is 9.21 Å². The lowest BCUT2D eigenvalue weighted by Crippen LogP contribution is -2.28. The maximum absolute atomic E-state index is 13.3. The highest BCUT2D eigenvalue weighted by atomic mass is 32.2. The fourth-order valence-electron chi connectivity index (χ4n) is 3.74. The summed E-state index contributed by atoms with van der Waals surface area (Å²) in [6.45, 7) is 5.02. The molecule has 0 aliphatic carbocycles. The number of amides is 1. The Balaban J connectivity index is 1.36. The average molecular weight is 498 g/mol. The van der Waals surface area contributed by atoms with Crippen molar-refractivity contribution >= 4 is 46.1 Å². The van der Waals surface area contributed by atoms with Crippen molar-refractivity contribution in [2.24, 2.45) is 11.0 Å². The molecule has 0 bridgehead atoms. The summed E-state index contributed by atoms with van der Waals surface area (Å²) in [6, 6.07) is 11.8. The molecule has 10 heteroatoms. The summed E-state index contributed by atoms with van der Waals surface area (Å²) in [4.78, 5) is 15.6. The Morgan fingerprint density at radius 2 is 2.03 bits per heavy atom. The van der Waals surface area contributed by atoms with Gasteiger partial charge in [-0.2, -0.15) is 5.10 Å². The van der Waals surface area contributed by atoms with Gasteiger partial charge in [0.2, 0.25) is 0 Å². The maximum atomic E-state index is 13.3. The molecule has 0 radical (unpaired) electrons. The monoisotopic (exact) mass is 497 g/mol. The van der Waals surface area contributed by atoms with Crippen molar-refractivity contribution in [3.05, 3.63) is 63.2 Å². The smallest absolute Gasteiger partial charge is 0.253 e. The number of hydrogen-bond acceptors (Lipinski definition) is 8. The lowest BCUT2D eigenvalue weighted by atomic mass is 10.1. The summed E-state index contributed by atoms with van der Waals surface area (Å²) in [6.07, 6.45) is 2.35. The van der Waals surface area contributed by atoms with Gasteiger partial charge in [-0.25, -0.2) is 5.01 Å². The molecule has 0 N–H and O–H groups in total. The first-order valence-corrected chi connectivity index (χ1v) is 13.4. The van der Waals surface area contributed by atoms with Crippen molar-refractivity contribution in [2.75, 3.05) is 5.75 Å². The van der Waals surface area contributed by atoms with E-state index in [1.165, 1.54) is 11.8 Å². The van der Waals surface area contributed by atoms with Crippen molar-refractivity contribution in [3.8, 4) is 11.6 Å². The van der Waals surface area contributed by atoms with E-state index in [1.54, 1.807) is 33.9 Å². The quantitative estimate of drug-likeness (QED) is 0.288. The highest BCUT2D eigenvalue weighted by Gasteiger charge is 2.34. The van der Waals surface area contributed by atoms with Gasteiger partial charge in [0.1, 0.15) is 0 Å². The summed E-state index contributed by atoms with van der Waals surface area (Å²) in [5, 5.41) is 19.9. The second kappa shape index (κ2) is 9.66. The molecule has 33 heavy (non-hydrogen) atoms. The predicted octanol–water partition coefficient (Wildman–Crippen LogP) is 5.79. The van der Waals surface area contributed by atoms with Crippen LogP contribution in [-0.2, 0) is 11.3 Å². The summed E-state index contributed by atoms with van der Waals surface area (Å²) >= 11 is 4.70. The van der Waals surface area contributed by atoms with Crippen LogP contribution in [0.15, 0.2) is 68.1 Å². The highest BCUT2D eigenvalue weighted by molar-refractivity contribution is 7.99. The predicted molar refractivity (Wildman–Crippen MR) is 133 cm³/mol. The fourth-order valence-corrected chi connectivity index (χ4v) is 6.07. The maximum Gasteiger partial charge on any atom is 0.253 e. The molecular weight excluding hydrogens is 474 g/mol. The molecule has 5 heterocycles. The van der Waals surface area contributed by atoms with Gasteiger partial charge in [-0.05, 0) is 40.9 Å². The molecule has 0 saturated carbocycles. The number of thiophene rings is 2. The molecule has 170 valence electrons. The van der Waals surface area contributed by atoms with E-state index in [-0.39, 0.29) is 17.7 Å². The normalized spacial score (nSPS) is 16.0. The lowest BCUT2D eigenvalue weighted by Gasteiger charge is -2.20. The number of aromatic nitrogens is 3. The zero-order chi connectivity index (χ0) is 22.8. The van der Waals surface area contributed by atoms with Gasteiger partial charge in [-0.15, -0.1) is 32.9 Å². The van der Waals surface area contributed by atoms with Gasteiger partial charge in [0.05, 0.1) is 28.6 Å². The van der Waals surface area contributed by atoms with E-state index < -0.39 is 0 Å². The molecule has 5 rings (SSSR count). The molecule has 0 spiro atoms. The van der Waals surface area contributed by atoms with E-state index in [0.29, 0.717) is 22.7 Å². The Morgan fingerprint density at radius 3 is 2.73 bits per heavy atom. The van der Waals surface area contributed by atoms with Gasteiger partial charge in [0.15, 0.2) is 16.7 Å². The van der Waals surface area contributed by atoms with Crippen LogP contribution in [0.25, 0.3) is 11.6 Å². The van der Waals surface area contributed by atoms with Gasteiger partial charge in [0.25, 0.3) is 5.91 Å². The second-order valence-electron chi connectivity index (χ2n) is 8.07. The lowest BCUT2D eigenvalue weighted by molar-refractivity contribution is -0.130. The number of carbonyl (C=O) groups excluding carboxylic acids is 1. The average Bonchev–Trinajstić information content (AvgIpc) is 3.60. The minimum absolute atomic E-state index is 0.0383. The van der Waals surface area contributed by atoms with Gasteiger partial charge in [0, 0.05) is 17.8 Å². The number of thioether (sulfide) groups is 1. The zero-order valence-corrected chi connectivity index (χ0v) is 20.7. The summed E-state index contributed by atoms with van der Waals surface area (Å²) < 4.78 is 7.57. The number of rotatable bonds is 8. The fraction of sp³-hybridized carbons (Fsp3) is 0.304. The van der Waals surface area contributed by atoms with E-state index in [9.17, 15) is 4.79 Å². The van der Waals surface area contributed by atoms with Gasteiger partial charge in [-0.3, -0.25) is 9.36 Å². The Bertz CT molecular complexity index is 1230. The van der Waals surface area contributed by atoms with Crippen molar-refractivity contribution in [3.63, 3.8) is 0 Å². The van der Waals surface area contributed by atoms with Gasteiger partial charge < -0.3 is 4.42 Å². The molecule has 1 aliphatic rings. The Labute approximate surface area is 204 Å². The molecular formula is C23H23N5O2S3. The number of nitrogens with zero attached hydrogens (tertiary/aromatic N) is 5. The van der Waals surface area contributed by atoms with Crippen LogP contribution in [0.3, 0.4) is 0 Å². The summed E-state index contributed by atoms with van der Waals surface area (Å²) in [5.41, 5.74) is 0.963. The topological polar surface area (TPSA) is 76.5 Å². The van der Waals surface area contributed by atoms with Gasteiger partial charge >= 0.3 is 0 Å². The number of hydrogen-bond donors (Lipinski definition) is 0. The molecule has 7 nitrogen and oxygen atoms in total. The number of hydrazone groups is 1. The second-order valence-corrected chi connectivity index (χ2v) is 10.9. The molecule has 4 aromatic rings. The van der Waals surface area contributed by atoms with Crippen molar-refractivity contribution in [1.82, 2.24) is 19.8 Å². The van der Waals surface area contributed by atoms with Crippen LogP contribution < -0.4 is 0 Å². The summed E-state index contributed by atoms with van der Waals surface area (Å²) in [5.74, 6) is 1.94. The Morgan fingerprint density at radius 1 is 1.18 bits per heavy atom. The molecule has 1 amide bonds. The summed E-state index contributed by atoms with van der Waals surface area (Å²) in [7, 11) is 0. The first-order chi connectivity index (χ1) is 16.1. The first kappa shape index (κ1) is 22.1. The minimum atomic E-state index is -0.0672. The molecule has 0 unspecified atom stereocenters. The van der Waals surface area contributed by atoms with E-state index >= 15 is 0 Å². The van der Waals surface area contributed by atoms with Crippen LogP contribution >= 0.6 is 34.4 Å². The molecule has 1 aliphatic heterocycles. The van der Waals surface area contributed by atoms with Crippen LogP contribution in [0.1, 0.15) is 36.1 Å². The molecule has 0 fully saturated rings. The molecule has 1 atom stereocenters. The minimum Gasteiger partial charge on any atom is -0.461 e. The van der Waals surface area contributed by atoms with Crippen LogP contribution in [0, 0.1) is 5.92 Å². The van der Waals surface area contributed by atoms with E-state index in [4.69, 9.17) is 9.52 Å². The zero-order valence-electron chi connectivity index (χ0n) is 18.2. The highest BCUT2D eigenvalue weighted by Crippen LogP contribution is 2.36. The van der Waals surface area contributed by atoms with Crippen LogP contribution in [-0.4, -0.2) is 37.1 Å². The van der Waals surface area contributed by atoms with Crippen LogP contribution in [0.5, 0.6) is 0 Å². The Hall–Kier alpha value is -2.69. The third-order valence-corrected chi connectivity index (χ3v) is 8.02. The van der Waals surface area contributed by atoms with E-state index in [1.807, 2.05) is 39.6 Å². The molecule has 0 aromatic carbocycles. The molecule has 4 aromatic heterocycles. The third-order valence-electron chi connectivity index (χ3n) is 5.17. The van der Waals surface area contributed by atoms with Crippen LogP contribution in [0.4, 0.5) is 0 Å². The number of furan rings is 1. The van der Waals surface area contributed by atoms with E-state index in [0.717, 1.165) is 28.4 Å². The largest absolute Gasteiger partial charge is 0.461 e. The number of carbonyl (C=O) groups is 1. The van der Waals surface area contributed by atoms with Crippen molar-refractivity contribution in [2.45, 2.75) is 38.0 Å². The van der Waals surface area contributed by atoms with E-state index in [2.05, 4.69) is 36.2 Å². The SMILES string of the molecule is CC(C)Cn1c(SCC(=O)N2N=C(c3cccs3)C[C@H]2c2cccs2)nnc1-c1ccco1. The van der Waals surface area contributed by atoms with Crippen molar-refractivity contribution in [1.29, 1.82) is 0 Å². The Kier molecular flexibility index (Phi) is 6.48. The third kappa shape index (κ3) is 4.68. The standard InChI is InChI=1S/C23H23N5O2S3/c1-15(2)13-27-22(18-6-3-9-30-18)24-25-23(27)33-14-21(29)28-17(20-8-5-11-32-20)12-16(26-28)19-7-4-10-31-19/h3-11,15,17H,12-14H2,1-2H3/t17-/m0/s1. The van der Waals surface area contributed by atoms with Crippen LogP contribution in [0.2, 0.25) is 0 Å². The molecule has 0 saturated heterocycles.